The lowest BCUT2D eigenvalue weighted by atomic mass is 9.73. The molecule has 0 aromatic heterocycles. The number of fused-ring (bicyclic) bond motifs is 1. The lowest BCUT2D eigenvalue weighted by Gasteiger charge is -2.32. The van der Waals surface area contributed by atoms with Crippen LogP contribution < -0.4 is 5.46 Å². The Bertz CT molecular complexity index is 946. The van der Waals surface area contributed by atoms with Gasteiger partial charge in [0.25, 0.3) is 0 Å². The number of halogens is 1. The van der Waals surface area contributed by atoms with E-state index in [1.807, 2.05) is 73.6 Å². The van der Waals surface area contributed by atoms with Crippen LogP contribution in [0.2, 0.25) is 0 Å². The highest BCUT2D eigenvalue weighted by atomic mass is 19.1. The van der Waals surface area contributed by atoms with E-state index >= 15 is 4.39 Å². The molecule has 1 aliphatic rings. The van der Waals surface area contributed by atoms with Crippen molar-refractivity contribution >= 4 is 29.3 Å². The Kier molecular flexibility index (Phi) is 5.80. The first-order valence-electron chi connectivity index (χ1n) is 10.5. The highest BCUT2D eigenvalue weighted by Gasteiger charge is 2.52. The maximum atomic E-state index is 15.1. The SMILES string of the molecule is CC(CC(=O)OC(C)(C)C)c1c(F)ccc2cccc(B3OC(C)(C)C(C)(C)O3)c12. The zero-order chi connectivity index (χ0) is 22.5. The smallest absolute Gasteiger partial charge is 0.460 e. The van der Waals surface area contributed by atoms with E-state index in [-0.39, 0.29) is 24.1 Å². The van der Waals surface area contributed by atoms with Crippen molar-refractivity contribution in [2.75, 3.05) is 0 Å². The maximum Gasteiger partial charge on any atom is 0.495 e. The topological polar surface area (TPSA) is 44.8 Å². The first-order chi connectivity index (χ1) is 13.7. The second-order valence-electron chi connectivity index (χ2n) is 10.2. The summed E-state index contributed by atoms with van der Waals surface area (Å²) in [7, 11) is -0.618. The van der Waals surface area contributed by atoms with Crippen LogP contribution in [-0.2, 0) is 18.8 Å². The van der Waals surface area contributed by atoms with Crippen LogP contribution in [0.25, 0.3) is 10.8 Å². The molecule has 162 valence electrons. The summed E-state index contributed by atoms with van der Waals surface area (Å²) in [5.41, 5.74) is -0.326. The Morgan fingerprint density at radius 2 is 1.70 bits per heavy atom. The molecule has 1 heterocycles. The third-order valence-corrected chi connectivity index (χ3v) is 5.96. The van der Waals surface area contributed by atoms with Gasteiger partial charge in [0.05, 0.1) is 17.6 Å². The Balaban J connectivity index is 2.06. The largest absolute Gasteiger partial charge is 0.495 e. The highest BCUT2D eigenvalue weighted by Crippen LogP contribution is 2.38. The molecule has 1 atom stereocenters. The molecular weight excluding hydrogens is 382 g/mol. The molecule has 6 heteroatoms. The summed E-state index contributed by atoms with van der Waals surface area (Å²) in [5.74, 6) is -1.06. The molecule has 0 amide bonds. The predicted molar refractivity (Wildman–Crippen MR) is 118 cm³/mol. The van der Waals surface area contributed by atoms with Gasteiger partial charge in [-0.05, 0) is 82.2 Å². The van der Waals surface area contributed by atoms with E-state index < -0.39 is 23.9 Å². The summed E-state index contributed by atoms with van der Waals surface area (Å²) >= 11 is 0. The van der Waals surface area contributed by atoms with Crippen LogP contribution in [0.5, 0.6) is 0 Å². The predicted octanol–water partition coefficient (Wildman–Crippen LogP) is 5.11. The molecule has 0 spiro atoms. The lowest BCUT2D eigenvalue weighted by Crippen LogP contribution is -2.41. The number of hydrogen-bond acceptors (Lipinski definition) is 4. The Morgan fingerprint density at radius 3 is 2.27 bits per heavy atom. The third-order valence-electron chi connectivity index (χ3n) is 5.96. The van der Waals surface area contributed by atoms with Gasteiger partial charge in [-0.1, -0.05) is 31.2 Å². The zero-order valence-corrected chi connectivity index (χ0v) is 19.3. The Labute approximate surface area is 179 Å². The van der Waals surface area contributed by atoms with Crippen molar-refractivity contribution in [1.82, 2.24) is 0 Å². The lowest BCUT2D eigenvalue weighted by molar-refractivity contribution is -0.155. The summed E-state index contributed by atoms with van der Waals surface area (Å²) in [5, 5.41) is 1.63. The molecule has 0 aliphatic carbocycles. The number of carbonyl (C=O) groups excluding carboxylic acids is 1. The minimum absolute atomic E-state index is 0.0883. The molecule has 0 N–H and O–H groups in total. The summed E-state index contributed by atoms with van der Waals surface area (Å²) in [6.07, 6.45) is 0.0883. The van der Waals surface area contributed by atoms with E-state index in [9.17, 15) is 4.79 Å². The van der Waals surface area contributed by atoms with Crippen molar-refractivity contribution in [3.8, 4) is 0 Å². The fourth-order valence-electron chi connectivity index (χ4n) is 3.79. The molecular formula is C24H32BFO4. The summed E-state index contributed by atoms with van der Waals surface area (Å²) in [4.78, 5) is 12.4. The molecule has 0 saturated carbocycles. The molecule has 3 rings (SSSR count). The third kappa shape index (κ3) is 4.40. The van der Waals surface area contributed by atoms with Crippen molar-refractivity contribution in [1.29, 1.82) is 0 Å². The minimum atomic E-state index is -0.618. The molecule has 0 radical (unpaired) electrons. The van der Waals surface area contributed by atoms with Gasteiger partial charge in [-0.15, -0.1) is 0 Å². The molecule has 2 aromatic carbocycles. The van der Waals surface area contributed by atoms with Crippen molar-refractivity contribution in [2.45, 2.75) is 84.5 Å². The van der Waals surface area contributed by atoms with Crippen LogP contribution in [0.1, 0.15) is 73.3 Å². The molecule has 0 bridgehead atoms. The minimum Gasteiger partial charge on any atom is -0.460 e. The van der Waals surface area contributed by atoms with Gasteiger partial charge in [-0.25, -0.2) is 4.39 Å². The maximum absolute atomic E-state index is 15.1. The fraction of sp³-hybridized carbons (Fsp3) is 0.542. The van der Waals surface area contributed by atoms with E-state index in [1.165, 1.54) is 6.07 Å². The zero-order valence-electron chi connectivity index (χ0n) is 19.3. The molecule has 2 aromatic rings. The summed E-state index contributed by atoms with van der Waals surface area (Å²) in [6.45, 7) is 15.3. The number of ether oxygens (including phenoxy) is 1. The second-order valence-corrected chi connectivity index (χ2v) is 10.2. The van der Waals surface area contributed by atoms with E-state index in [2.05, 4.69) is 0 Å². The quantitative estimate of drug-likeness (QED) is 0.515. The average molecular weight is 414 g/mol. The van der Waals surface area contributed by atoms with E-state index in [0.717, 1.165) is 16.2 Å². The van der Waals surface area contributed by atoms with Crippen LogP contribution in [0.4, 0.5) is 4.39 Å². The van der Waals surface area contributed by atoms with Crippen molar-refractivity contribution in [3.63, 3.8) is 0 Å². The number of benzene rings is 2. The second kappa shape index (κ2) is 7.65. The van der Waals surface area contributed by atoms with Gasteiger partial charge < -0.3 is 14.0 Å². The number of hydrogen-bond donors (Lipinski definition) is 0. The van der Waals surface area contributed by atoms with Gasteiger partial charge in [0, 0.05) is 0 Å². The van der Waals surface area contributed by atoms with Gasteiger partial charge in [0.2, 0.25) is 0 Å². The van der Waals surface area contributed by atoms with Crippen LogP contribution in [0.3, 0.4) is 0 Å². The number of carbonyl (C=O) groups is 1. The summed E-state index contributed by atoms with van der Waals surface area (Å²) in [6, 6.07) is 8.98. The van der Waals surface area contributed by atoms with E-state index in [4.69, 9.17) is 14.0 Å². The van der Waals surface area contributed by atoms with Gasteiger partial charge >= 0.3 is 13.1 Å². The fourth-order valence-corrected chi connectivity index (χ4v) is 3.79. The van der Waals surface area contributed by atoms with Gasteiger partial charge in [0.15, 0.2) is 0 Å². The molecule has 1 saturated heterocycles. The van der Waals surface area contributed by atoms with Crippen LogP contribution >= 0.6 is 0 Å². The van der Waals surface area contributed by atoms with Crippen molar-refractivity contribution < 1.29 is 23.2 Å². The molecule has 30 heavy (non-hydrogen) atoms. The van der Waals surface area contributed by atoms with E-state index in [1.54, 1.807) is 6.07 Å². The first kappa shape index (κ1) is 22.8. The van der Waals surface area contributed by atoms with Gasteiger partial charge in [-0.3, -0.25) is 4.79 Å². The monoisotopic (exact) mass is 414 g/mol. The van der Waals surface area contributed by atoms with Crippen molar-refractivity contribution in [2.24, 2.45) is 0 Å². The van der Waals surface area contributed by atoms with Crippen LogP contribution in [0.15, 0.2) is 30.3 Å². The van der Waals surface area contributed by atoms with Gasteiger partial charge in [-0.2, -0.15) is 0 Å². The average Bonchev–Trinajstić information content (AvgIpc) is 2.79. The molecule has 4 nitrogen and oxygen atoms in total. The van der Waals surface area contributed by atoms with Crippen LogP contribution in [-0.4, -0.2) is 29.9 Å². The van der Waals surface area contributed by atoms with Crippen LogP contribution in [0, 0.1) is 5.82 Å². The van der Waals surface area contributed by atoms with E-state index in [0.29, 0.717) is 5.56 Å². The first-order valence-corrected chi connectivity index (χ1v) is 10.5. The Morgan fingerprint density at radius 1 is 1.10 bits per heavy atom. The van der Waals surface area contributed by atoms with Gasteiger partial charge in [0.1, 0.15) is 11.4 Å². The highest BCUT2D eigenvalue weighted by molar-refractivity contribution is 6.65. The Hall–Kier alpha value is -1.92. The number of esters is 1. The molecule has 1 aliphatic heterocycles. The number of rotatable bonds is 4. The molecule has 1 unspecified atom stereocenters. The summed E-state index contributed by atoms with van der Waals surface area (Å²) < 4.78 is 33.0. The van der Waals surface area contributed by atoms with Crippen molar-refractivity contribution in [3.05, 3.63) is 41.7 Å². The normalized spacial score (nSPS) is 19.2. The standard InChI is InChI=1S/C24H32BFO4/c1-15(14-19(27)28-22(2,3)4)20-18(26)13-12-16-10-9-11-17(21(16)20)25-29-23(5,6)24(7,8)30-25/h9-13,15H,14H2,1-8H3. The molecule has 1 fully saturated rings.